The standard InChI is InChI=1S/2C8H7N.2C7H6BN3.4C2H6.2CH3NO2.2H4N2.H14P12.H13P11.H8P6.H7P5/c2*1-7-4-2-3-5-8(7)6-9;2*8-11-6-4-2-1-3-5(6)7(9)10-11;4*1-2;2*1-2(3)4;2*1-2;1-8(2)11(7)12(9(3)4)10(5)6;1-7-10(6)11(8(2)3)9(4)5;1-5(2)6(3)4;1-4-5(2)3/h2*2-5H,1H3;2*1-4H,(H2,9,10);4*1-2H3;2*1H3;2*1-2H2;1-7H2;7H,1-6H2;1-4H2;4H,1-3H2. The van der Waals surface area contributed by atoms with Crippen molar-refractivity contribution in [3.8, 4) is 12.1 Å². The predicted molar refractivity (Wildman–Crippen MR) is 544 cm³/mol. The van der Waals surface area contributed by atoms with E-state index in [0.29, 0.717) is 11.6 Å². The van der Waals surface area contributed by atoms with Crippen LogP contribution in [0.25, 0.3) is 21.8 Å². The van der Waals surface area contributed by atoms with E-state index < -0.39 is 9.85 Å². The number of rotatable bonds is 10. The number of hydrogen-bond acceptors (Lipinski definition) is 14. The number of nitrogens with two attached hydrogens (primary N) is 6. The van der Waals surface area contributed by atoms with Crippen LogP contribution in [0.1, 0.15) is 77.6 Å². The maximum Gasteiger partial charge on any atom is 0.265 e. The molecule has 4 aromatic carbocycles. The highest BCUT2D eigenvalue weighted by Gasteiger charge is 2.26. The lowest BCUT2D eigenvalue weighted by Crippen LogP contribution is -2.02. The van der Waals surface area contributed by atoms with Crippen LogP contribution in [0, 0.1) is 56.7 Å². The number of anilines is 2. The molecule has 0 aliphatic carbocycles. The fourth-order valence-corrected chi connectivity index (χ4v) is 202. The Labute approximate surface area is 631 Å². The van der Waals surface area contributed by atoms with Crippen molar-refractivity contribution < 1.29 is 9.85 Å². The average molecular weight is 1920 g/mol. The van der Waals surface area contributed by atoms with Gasteiger partial charge in [-0.3, -0.25) is 43.6 Å². The topological polar surface area (TPSA) is 326 Å². The number of aromatic nitrogens is 4. The molecule has 4 radical (unpaired) electrons. The fraction of sp³-hybridized carbons (Fsp3) is 0.300. The molecule has 0 amide bonds. The van der Waals surface area contributed by atoms with Gasteiger partial charge in [0.1, 0.15) is 0 Å². The summed E-state index contributed by atoms with van der Waals surface area (Å²) in [5.41, 5.74) is 16.4. The summed E-state index contributed by atoms with van der Waals surface area (Å²) in [5.74, 6) is 17.0. The Kier molecular flexibility index (Phi) is 113. The second-order valence-corrected chi connectivity index (χ2v) is 132. The number of nitro groups is 2. The second-order valence-electron chi connectivity index (χ2n) is 14.0. The van der Waals surface area contributed by atoms with Gasteiger partial charge in [0, 0.05) is 20.6 Å². The first-order valence-electron chi connectivity index (χ1n) is 25.7. The quantitative estimate of drug-likeness (QED) is 0.0244. The maximum atomic E-state index is 8.81. The molecule has 94 heavy (non-hydrogen) atoms. The van der Waals surface area contributed by atoms with Crippen molar-refractivity contribution >= 4 is 328 Å². The van der Waals surface area contributed by atoms with Crippen LogP contribution in [0.2, 0.25) is 0 Å². The summed E-state index contributed by atoms with van der Waals surface area (Å²) in [4.78, 5) is 16.6. The summed E-state index contributed by atoms with van der Waals surface area (Å²) in [5, 5.41) is 44.1. The van der Waals surface area contributed by atoms with Crippen molar-refractivity contribution in [1.29, 1.82) is 10.5 Å². The van der Waals surface area contributed by atoms with Crippen LogP contribution >= 0.6 is 278 Å². The van der Waals surface area contributed by atoms with Crippen molar-refractivity contribution in [3.63, 3.8) is 0 Å². The number of nitriles is 2. The van der Waals surface area contributed by atoms with Crippen molar-refractivity contribution in [2.45, 2.75) is 69.2 Å². The monoisotopic (exact) mass is 1920 g/mol. The van der Waals surface area contributed by atoms with E-state index in [1.165, 1.54) is 9.19 Å². The van der Waals surface area contributed by atoms with E-state index in [4.69, 9.17) is 58.2 Å². The van der Waals surface area contributed by atoms with E-state index in [1.807, 2.05) is 166 Å². The number of hydrazine groups is 2. The summed E-state index contributed by atoms with van der Waals surface area (Å²) in [6.07, 6.45) is 0. The molecule has 0 saturated heterocycles. The second kappa shape index (κ2) is 86.4. The Bertz CT molecular complexity index is 2540. The molecule has 12 N–H and O–H groups in total. The van der Waals surface area contributed by atoms with Gasteiger partial charge in [-0.25, -0.2) is 0 Å². The molecule has 18 nitrogen and oxygen atoms in total. The van der Waals surface area contributed by atoms with Gasteiger partial charge >= 0.3 is 0 Å². The lowest BCUT2D eigenvalue weighted by molar-refractivity contribution is -0.445. The molecule has 0 bridgehead atoms. The third-order valence-electron chi connectivity index (χ3n) is 7.80. The molecule has 6 aromatic rings. The molecule has 54 heteroatoms. The lowest BCUT2D eigenvalue weighted by Gasteiger charge is -2.32. The Hall–Kier alpha value is 7.79. The smallest absolute Gasteiger partial charge is 0.265 e. The van der Waals surface area contributed by atoms with Gasteiger partial charge in [0.25, 0.3) is 16.0 Å². The van der Waals surface area contributed by atoms with Crippen molar-refractivity contribution in [3.05, 3.63) is 140 Å². The van der Waals surface area contributed by atoms with Gasteiger partial charge in [-0.05, 0) is 145 Å². The zero-order valence-corrected chi connectivity index (χ0v) is 90.8. The Morgan fingerprint density at radius 1 is 0.457 bits per heavy atom. The van der Waals surface area contributed by atoms with Crippen LogP contribution in [0.3, 0.4) is 0 Å². The van der Waals surface area contributed by atoms with Gasteiger partial charge in [0.05, 0.1) is 34.3 Å². The fourth-order valence-electron chi connectivity index (χ4n) is 4.44. The van der Waals surface area contributed by atoms with Crippen LogP contribution in [0.5, 0.6) is 0 Å². The first-order chi connectivity index (χ1) is 44.0. The number of nitrogen functional groups attached to an aromatic ring is 2. The van der Waals surface area contributed by atoms with Crippen molar-refractivity contribution in [2.24, 2.45) is 23.4 Å². The maximum absolute atomic E-state index is 8.81. The number of aryl methyl sites for hydroxylation is 2. The van der Waals surface area contributed by atoms with Gasteiger partial charge in [0.2, 0.25) is 0 Å². The Balaban J connectivity index is -0.000000104. The molecule has 0 fully saturated rings. The summed E-state index contributed by atoms with van der Waals surface area (Å²) < 4.78 is 2.56. The molecule has 0 spiro atoms. The first kappa shape index (κ1) is 123. The van der Waals surface area contributed by atoms with E-state index in [-0.39, 0.29) is 83.8 Å². The van der Waals surface area contributed by atoms with Gasteiger partial charge in [-0.15, -0.1) is 179 Å². The number of hydrogen-bond donors (Lipinski definition) is 6. The summed E-state index contributed by atoms with van der Waals surface area (Å²) in [7, 11) is 73.1. The highest BCUT2D eigenvalue weighted by molar-refractivity contribution is 9.22. The molecule has 0 aliphatic rings. The molecule has 24 unspecified atom stereocenters. The number of nitrogens with zero attached hydrogens (tertiary/aromatic N) is 8. The van der Waals surface area contributed by atoms with E-state index in [0.717, 1.165) is 74.1 Å². The molecule has 6 rings (SSSR count). The van der Waals surface area contributed by atoms with Crippen LogP contribution in [-0.2, 0) is 0 Å². The molecule has 0 aliphatic heterocycles. The normalized spacial score (nSPS) is 10.2. The first-order valence-corrected chi connectivity index (χ1v) is 83.9. The van der Waals surface area contributed by atoms with Crippen LogP contribution in [-0.4, -0.2) is 59.3 Å². The minimum absolute atomic E-state index is 0.103. The van der Waals surface area contributed by atoms with Crippen LogP contribution in [0.15, 0.2) is 97.1 Å². The zero-order chi connectivity index (χ0) is 76.6. The Morgan fingerprint density at radius 2 is 0.691 bits per heavy atom. The third kappa shape index (κ3) is 72.6. The molecule has 0 saturated carbocycles. The number of para-hydroxylation sites is 2. The predicted octanol–water partition coefficient (Wildman–Crippen LogP) is 24.4. The average Bonchev–Trinajstić information content (AvgIpc) is 1.69. The Morgan fingerprint density at radius 3 is 0.840 bits per heavy atom. The van der Waals surface area contributed by atoms with E-state index >= 15 is 0 Å². The minimum Gasteiger partial charge on any atom is -0.382 e. The lowest BCUT2D eigenvalue weighted by atomic mass is 10.1. The molecular formula is C40H106B2N14O4P34. The minimum atomic E-state index is -0.500. The third-order valence-corrected chi connectivity index (χ3v) is 167. The molecule has 24 atom stereocenters. The molecule has 2 heterocycles. The largest absolute Gasteiger partial charge is 0.382 e. The van der Waals surface area contributed by atoms with Crippen molar-refractivity contribution in [1.82, 2.24) is 19.4 Å². The molecular weight excluding hydrogens is 1820 g/mol. The van der Waals surface area contributed by atoms with Crippen molar-refractivity contribution in [2.75, 3.05) is 25.6 Å². The highest BCUT2D eigenvalue weighted by atomic mass is 33.3. The summed E-state index contributed by atoms with van der Waals surface area (Å²) >= 11 is 0. The number of benzene rings is 4. The van der Waals surface area contributed by atoms with E-state index in [9.17, 15) is 0 Å². The molecule has 2 aromatic heterocycles. The van der Waals surface area contributed by atoms with Gasteiger partial charge < -0.3 is 20.7 Å². The van der Waals surface area contributed by atoms with Crippen LogP contribution in [0.4, 0.5) is 11.6 Å². The summed E-state index contributed by atoms with van der Waals surface area (Å²) in [6.45, 7) is 21.9. The highest BCUT2D eigenvalue weighted by Crippen LogP contribution is 3.16. The van der Waals surface area contributed by atoms with Gasteiger partial charge in [0.15, 0.2) is 25.7 Å². The van der Waals surface area contributed by atoms with Gasteiger partial charge in [-0.2, -0.15) is 20.7 Å². The van der Waals surface area contributed by atoms with Crippen LogP contribution < -0.4 is 34.8 Å². The molecule has 536 valence electrons. The van der Waals surface area contributed by atoms with E-state index in [1.54, 1.807) is 0 Å². The van der Waals surface area contributed by atoms with E-state index in [2.05, 4.69) is 224 Å². The summed E-state index contributed by atoms with van der Waals surface area (Å²) in [6, 6.07) is 34.4. The number of fused-ring (bicyclic) bond motifs is 2. The SMILES string of the molecule is CC.CC.CC.CC.C[N+](=O)[O-].C[N+](=O)[O-].Cc1ccccc1C#N.Cc1ccccc1C#N.NN.NN.PP(P)P(P)P.PP(P)P(P)P(P(P)P)P(P)P.PPP(P)P.PPP(P)P(P(P)P)P(P)P.[B]n1nc(N)c2ccccc21.[B]n1nc(N)c2ccccc21. The zero-order valence-electron chi connectivity index (χ0n) is 55.0. The van der Waals surface area contributed by atoms with Gasteiger partial charge in [-0.1, -0.05) is 132 Å².